The van der Waals surface area contributed by atoms with Crippen molar-refractivity contribution in [3.8, 4) is 5.69 Å². The van der Waals surface area contributed by atoms with Crippen LogP contribution in [0.5, 0.6) is 0 Å². The van der Waals surface area contributed by atoms with E-state index < -0.39 is 41.3 Å². The summed E-state index contributed by atoms with van der Waals surface area (Å²) in [5.41, 5.74) is -3.82. The van der Waals surface area contributed by atoms with Crippen LogP contribution in [0.4, 0.5) is 30.7 Å². The van der Waals surface area contributed by atoms with Gasteiger partial charge in [0.05, 0.1) is 23.0 Å². The lowest BCUT2D eigenvalue weighted by Crippen LogP contribution is -2.44. The van der Waals surface area contributed by atoms with Crippen LogP contribution in [-0.4, -0.2) is 26.0 Å². The average molecular weight is 507 g/mol. The molecule has 0 saturated carbocycles. The van der Waals surface area contributed by atoms with Crippen molar-refractivity contribution in [3.05, 3.63) is 95.6 Å². The van der Waals surface area contributed by atoms with Crippen LogP contribution in [0.1, 0.15) is 16.7 Å². The molecule has 0 aliphatic rings. The molecule has 36 heavy (non-hydrogen) atoms. The number of hydrogen-bond donors (Lipinski definition) is 2. The lowest BCUT2D eigenvalue weighted by Gasteiger charge is -2.31. The number of nitrogens with one attached hydrogen (secondary N) is 1. The molecule has 0 aliphatic heterocycles. The van der Waals surface area contributed by atoms with Gasteiger partial charge in [-0.2, -0.15) is 31.4 Å². The number of benzene rings is 3. The molecule has 2 aromatic heterocycles. The minimum atomic E-state index is -5.11. The monoisotopic (exact) mass is 507 g/mol. The molecule has 0 fully saturated rings. The van der Waals surface area contributed by atoms with E-state index in [-0.39, 0.29) is 16.5 Å². The predicted octanol–water partition coefficient (Wildman–Crippen LogP) is 6.66. The molecule has 4 nitrogen and oxygen atoms in total. The van der Waals surface area contributed by atoms with E-state index in [0.717, 1.165) is 36.5 Å². The zero-order valence-corrected chi connectivity index (χ0v) is 18.1. The Morgan fingerprint density at radius 3 is 2.22 bits per heavy atom. The minimum absolute atomic E-state index is 0.000348. The number of halogens is 7. The zero-order chi connectivity index (χ0) is 25.9. The number of H-pyrrole nitrogens is 1. The Bertz CT molecular complexity index is 1570. The summed E-state index contributed by atoms with van der Waals surface area (Å²) in [6.07, 6.45) is -8.17. The summed E-state index contributed by atoms with van der Waals surface area (Å²) in [5, 5.41) is 15.6. The van der Waals surface area contributed by atoms with Gasteiger partial charge in [0, 0.05) is 28.9 Å². The maximum absolute atomic E-state index is 14.2. The zero-order valence-electron chi connectivity index (χ0n) is 18.1. The van der Waals surface area contributed by atoms with Crippen LogP contribution in [0, 0.1) is 5.82 Å². The van der Waals surface area contributed by atoms with Crippen molar-refractivity contribution < 1.29 is 35.8 Å². The Kier molecular flexibility index (Phi) is 5.36. The van der Waals surface area contributed by atoms with Crippen LogP contribution in [0.2, 0.25) is 0 Å². The standard InChI is InChI=1S/C25H16F7N3O/c26-18-3-5-19(6-4-18)35-22-8-2-16(9-14(22)13-34-35)23(36,25(30,31)32)11-15-12-33-21-10-17(24(27,28)29)1-7-20(15)21/h1-10,12-13,33,36H,11H2. The van der Waals surface area contributed by atoms with E-state index in [9.17, 15) is 35.8 Å². The fraction of sp³-hybridized carbons (Fsp3) is 0.160. The molecule has 1 unspecified atom stereocenters. The molecule has 0 spiro atoms. The van der Waals surface area contributed by atoms with Crippen molar-refractivity contribution >= 4 is 21.8 Å². The van der Waals surface area contributed by atoms with E-state index in [1.165, 1.54) is 41.2 Å². The van der Waals surface area contributed by atoms with E-state index in [2.05, 4.69) is 10.1 Å². The molecular formula is C25H16F7N3O. The number of aromatic amines is 1. The summed E-state index contributed by atoms with van der Waals surface area (Å²) in [6, 6.07) is 11.7. The van der Waals surface area contributed by atoms with E-state index in [0.29, 0.717) is 16.6 Å². The topological polar surface area (TPSA) is 53.8 Å². The van der Waals surface area contributed by atoms with E-state index in [4.69, 9.17) is 0 Å². The molecular weight excluding hydrogens is 491 g/mol. The second kappa shape index (κ2) is 8.09. The van der Waals surface area contributed by atoms with E-state index >= 15 is 0 Å². The van der Waals surface area contributed by atoms with Crippen LogP contribution in [-0.2, 0) is 18.2 Å². The van der Waals surface area contributed by atoms with Gasteiger partial charge in [-0.25, -0.2) is 9.07 Å². The van der Waals surface area contributed by atoms with Gasteiger partial charge in [-0.15, -0.1) is 0 Å². The van der Waals surface area contributed by atoms with Gasteiger partial charge in [-0.3, -0.25) is 0 Å². The summed E-state index contributed by atoms with van der Waals surface area (Å²) in [6.45, 7) is 0. The molecule has 0 saturated heterocycles. The number of nitrogens with zero attached hydrogens (tertiary/aromatic N) is 2. The molecule has 2 N–H and O–H groups in total. The number of aromatic nitrogens is 3. The Balaban J connectivity index is 1.56. The molecule has 5 rings (SSSR count). The van der Waals surface area contributed by atoms with Crippen molar-refractivity contribution in [2.24, 2.45) is 0 Å². The number of rotatable bonds is 4. The van der Waals surface area contributed by atoms with Crippen molar-refractivity contribution in [1.29, 1.82) is 0 Å². The third kappa shape index (κ3) is 3.98. The molecule has 5 aromatic rings. The third-order valence-corrected chi connectivity index (χ3v) is 6.13. The highest BCUT2D eigenvalue weighted by molar-refractivity contribution is 5.84. The normalized spacial score (nSPS) is 14.4. The minimum Gasteiger partial charge on any atom is -0.376 e. The smallest absolute Gasteiger partial charge is 0.376 e. The fourth-order valence-electron chi connectivity index (χ4n) is 4.23. The van der Waals surface area contributed by atoms with Crippen LogP contribution < -0.4 is 0 Å². The van der Waals surface area contributed by atoms with Crippen molar-refractivity contribution in [3.63, 3.8) is 0 Å². The maximum atomic E-state index is 14.2. The first kappa shape index (κ1) is 23.9. The summed E-state index contributed by atoms with van der Waals surface area (Å²) in [7, 11) is 0. The number of aliphatic hydroxyl groups is 1. The highest BCUT2D eigenvalue weighted by atomic mass is 19.4. The van der Waals surface area contributed by atoms with Crippen LogP contribution in [0.25, 0.3) is 27.5 Å². The van der Waals surface area contributed by atoms with Crippen LogP contribution in [0.3, 0.4) is 0 Å². The second-order valence-corrected chi connectivity index (χ2v) is 8.41. The Hall–Kier alpha value is -3.86. The van der Waals surface area contributed by atoms with Gasteiger partial charge in [-0.1, -0.05) is 12.1 Å². The lowest BCUT2D eigenvalue weighted by molar-refractivity contribution is -0.266. The van der Waals surface area contributed by atoms with Crippen molar-refractivity contribution in [1.82, 2.24) is 14.8 Å². The molecule has 3 aromatic carbocycles. The Morgan fingerprint density at radius 1 is 0.861 bits per heavy atom. The summed E-state index contributed by atoms with van der Waals surface area (Å²) >= 11 is 0. The quantitative estimate of drug-likeness (QED) is 0.268. The van der Waals surface area contributed by atoms with Gasteiger partial charge in [0.1, 0.15) is 5.82 Å². The van der Waals surface area contributed by atoms with E-state index in [1.54, 1.807) is 0 Å². The average Bonchev–Trinajstić information content (AvgIpc) is 3.41. The lowest BCUT2D eigenvalue weighted by atomic mass is 9.86. The molecule has 0 amide bonds. The van der Waals surface area contributed by atoms with Gasteiger partial charge >= 0.3 is 12.4 Å². The molecule has 11 heteroatoms. The van der Waals surface area contributed by atoms with Crippen molar-refractivity contribution in [2.45, 2.75) is 24.4 Å². The Morgan fingerprint density at radius 2 is 1.56 bits per heavy atom. The van der Waals surface area contributed by atoms with Crippen LogP contribution in [0.15, 0.2) is 73.1 Å². The maximum Gasteiger partial charge on any atom is 0.421 e. The van der Waals surface area contributed by atoms with Gasteiger partial charge in [0.15, 0.2) is 5.60 Å². The first-order valence-electron chi connectivity index (χ1n) is 10.6. The third-order valence-electron chi connectivity index (χ3n) is 6.13. The van der Waals surface area contributed by atoms with Crippen molar-refractivity contribution in [2.75, 3.05) is 0 Å². The molecule has 2 heterocycles. The van der Waals surface area contributed by atoms with Gasteiger partial charge in [0.2, 0.25) is 0 Å². The molecule has 1 atom stereocenters. The summed E-state index contributed by atoms with van der Waals surface area (Å²) < 4.78 is 96.4. The highest BCUT2D eigenvalue weighted by Gasteiger charge is 2.55. The first-order valence-corrected chi connectivity index (χ1v) is 10.6. The largest absolute Gasteiger partial charge is 0.421 e. The first-order chi connectivity index (χ1) is 16.9. The number of alkyl halides is 6. The molecule has 0 aliphatic carbocycles. The Labute approximate surface area is 198 Å². The van der Waals surface area contributed by atoms with Crippen LogP contribution >= 0.6 is 0 Å². The summed E-state index contributed by atoms with van der Waals surface area (Å²) in [5.74, 6) is -0.459. The fourth-order valence-corrected chi connectivity index (χ4v) is 4.23. The van der Waals surface area contributed by atoms with Gasteiger partial charge < -0.3 is 10.1 Å². The second-order valence-electron chi connectivity index (χ2n) is 8.41. The predicted molar refractivity (Wildman–Crippen MR) is 118 cm³/mol. The van der Waals surface area contributed by atoms with Gasteiger partial charge in [-0.05, 0) is 59.7 Å². The van der Waals surface area contributed by atoms with E-state index in [1.807, 2.05) is 0 Å². The SMILES string of the molecule is OC(Cc1c[nH]c2cc(C(F)(F)F)ccc12)(c1ccc2c(cnn2-c2ccc(F)cc2)c1)C(F)(F)F. The summed E-state index contributed by atoms with van der Waals surface area (Å²) in [4.78, 5) is 2.56. The highest BCUT2D eigenvalue weighted by Crippen LogP contribution is 2.43. The van der Waals surface area contributed by atoms with Gasteiger partial charge in [0.25, 0.3) is 0 Å². The molecule has 186 valence electrons. The number of hydrogen-bond acceptors (Lipinski definition) is 2. The number of fused-ring (bicyclic) bond motifs is 2. The molecule has 0 radical (unpaired) electrons. The molecule has 0 bridgehead atoms.